The van der Waals surface area contributed by atoms with Gasteiger partial charge in [-0.2, -0.15) is 0 Å². The molecule has 1 N–H and O–H groups in total. The Labute approximate surface area is 121 Å². The molecule has 2 rings (SSSR count). The third-order valence-corrected chi connectivity index (χ3v) is 4.19. The number of ether oxygens (including phenoxy) is 1. The minimum atomic E-state index is 0.160. The molecule has 1 heterocycles. The second-order valence-corrected chi connectivity index (χ2v) is 5.45. The van der Waals surface area contributed by atoms with Gasteiger partial charge in [0, 0.05) is 11.1 Å². The van der Waals surface area contributed by atoms with Gasteiger partial charge in [-0.3, -0.25) is 0 Å². The van der Waals surface area contributed by atoms with Crippen LogP contribution in [0.3, 0.4) is 0 Å². The number of hydrogen-bond acceptors (Lipinski definition) is 5. The average Bonchev–Trinajstić information content (AvgIpc) is 2.82. The molecular weight excluding hydrogens is 282 g/mol. The number of aromatic nitrogens is 2. The van der Waals surface area contributed by atoms with Gasteiger partial charge in [0.2, 0.25) is 0 Å². The Morgan fingerprint density at radius 3 is 2.84 bits per heavy atom. The van der Waals surface area contributed by atoms with E-state index in [1.54, 1.807) is 7.11 Å². The molecule has 0 fully saturated rings. The average molecular weight is 298 g/mol. The van der Waals surface area contributed by atoms with Crippen molar-refractivity contribution in [1.82, 2.24) is 14.9 Å². The van der Waals surface area contributed by atoms with Crippen molar-refractivity contribution < 1.29 is 4.74 Å². The molecule has 1 aromatic carbocycles. The molecule has 0 spiro atoms. The molecular formula is C13H16ClN3OS. The van der Waals surface area contributed by atoms with Gasteiger partial charge in [-0.1, -0.05) is 16.1 Å². The van der Waals surface area contributed by atoms with Crippen molar-refractivity contribution in [2.24, 2.45) is 0 Å². The molecule has 0 radical (unpaired) electrons. The minimum absolute atomic E-state index is 0.160. The number of benzene rings is 1. The summed E-state index contributed by atoms with van der Waals surface area (Å²) in [6.45, 7) is 1.97. The smallest absolute Gasteiger partial charge is 0.122 e. The molecule has 2 aromatic rings. The second-order valence-electron chi connectivity index (χ2n) is 4.22. The van der Waals surface area contributed by atoms with Crippen LogP contribution in [0.5, 0.6) is 5.75 Å². The minimum Gasteiger partial charge on any atom is -0.496 e. The van der Waals surface area contributed by atoms with Crippen molar-refractivity contribution in [2.45, 2.75) is 19.4 Å². The highest BCUT2D eigenvalue weighted by Gasteiger charge is 2.18. The van der Waals surface area contributed by atoms with Crippen LogP contribution >= 0.6 is 23.1 Å². The maximum absolute atomic E-state index is 6.06. The van der Waals surface area contributed by atoms with Gasteiger partial charge < -0.3 is 10.1 Å². The van der Waals surface area contributed by atoms with Gasteiger partial charge in [0.15, 0.2) is 0 Å². The van der Waals surface area contributed by atoms with Crippen molar-refractivity contribution in [3.8, 4) is 5.75 Å². The fraction of sp³-hybridized carbons (Fsp3) is 0.385. The Morgan fingerprint density at radius 1 is 1.47 bits per heavy atom. The summed E-state index contributed by atoms with van der Waals surface area (Å²) in [6, 6.07) is 5.82. The maximum atomic E-state index is 6.06. The van der Waals surface area contributed by atoms with E-state index >= 15 is 0 Å². The molecule has 0 aliphatic rings. The van der Waals surface area contributed by atoms with Crippen LogP contribution in [0.25, 0.3) is 0 Å². The summed E-state index contributed by atoms with van der Waals surface area (Å²) in [5.74, 6) is 0.847. The first kappa shape index (κ1) is 14.2. The molecule has 4 nitrogen and oxygen atoms in total. The number of methoxy groups -OCH3 is 1. The third kappa shape index (κ3) is 3.23. The van der Waals surface area contributed by atoms with E-state index in [0.717, 1.165) is 28.3 Å². The lowest BCUT2D eigenvalue weighted by Crippen LogP contribution is -2.19. The van der Waals surface area contributed by atoms with Crippen molar-refractivity contribution >= 4 is 23.1 Å². The summed E-state index contributed by atoms with van der Waals surface area (Å²) < 4.78 is 9.37. The predicted molar refractivity (Wildman–Crippen MR) is 78.2 cm³/mol. The first-order chi connectivity index (χ1) is 9.15. The van der Waals surface area contributed by atoms with Crippen LogP contribution in [0, 0.1) is 6.92 Å². The van der Waals surface area contributed by atoms with Crippen LogP contribution in [-0.2, 0) is 6.42 Å². The van der Waals surface area contributed by atoms with E-state index in [2.05, 4.69) is 14.9 Å². The largest absolute Gasteiger partial charge is 0.496 e. The Kier molecular flexibility index (Phi) is 4.74. The van der Waals surface area contributed by atoms with E-state index in [9.17, 15) is 0 Å². The summed E-state index contributed by atoms with van der Waals surface area (Å²) >= 11 is 7.48. The van der Waals surface area contributed by atoms with E-state index in [1.807, 2.05) is 32.2 Å². The number of nitrogens with one attached hydrogen (secondary N) is 1. The van der Waals surface area contributed by atoms with Gasteiger partial charge in [-0.25, -0.2) is 0 Å². The number of nitrogens with zero attached hydrogens (tertiary/aromatic N) is 2. The molecule has 1 unspecified atom stereocenters. The molecule has 1 aromatic heterocycles. The predicted octanol–water partition coefficient (Wildman–Crippen LogP) is 3.01. The molecule has 0 saturated heterocycles. The van der Waals surface area contributed by atoms with Crippen LogP contribution in [0.2, 0.25) is 5.02 Å². The van der Waals surface area contributed by atoms with E-state index in [0.29, 0.717) is 5.02 Å². The lowest BCUT2D eigenvalue weighted by Gasteiger charge is -2.17. The van der Waals surface area contributed by atoms with Gasteiger partial charge >= 0.3 is 0 Å². The third-order valence-electron chi connectivity index (χ3n) is 3.02. The van der Waals surface area contributed by atoms with Crippen molar-refractivity contribution in [1.29, 1.82) is 0 Å². The highest BCUT2D eigenvalue weighted by Crippen LogP contribution is 2.29. The normalized spacial score (nSPS) is 12.4. The molecule has 0 saturated carbocycles. The van der Waals surface area contributed by atoms with Gasteiger partial charge in [0.05, 0.1) is 17.7 Å². The van der Waals surface area contributed by atoms with Crippen LogP contribution in [0.4, 0.5) is 0 Å². The van der Waals surface area contributed by atoms with Gasteiger partial charge in [0.1, 0.15) is 5.75 Å². The highest BCUT2D eigenvalue weighted by atomic mass is 35.5. The summed E-state index contributed by atoms with van der Waals surface area (Å²) in [6.07, 6.45) is 0.783. The zero-order chi connectivity index (χ0) is 13.8. The van der Waals surface area contributed by atoms with Crippen LogP contribution < -0.4 is 10.1 Å². The molecule has 0 aliphatic heterocycles. The first-order valence-electron chi connectivity index (χ1n) is 5.94. The standard InChI is InChI=1S/C13H16ClN3OS/c1-8-13(19-17-16-8)11(15-2)7-9-6-10(14)4-5-12(9)18-3/h4-6,11,15H,7H2,1-3H3. The number of halogens is 1. The quantitative estimate of drug-likeness (QED) is 0.921. The summed E-state index contributed by atoms with van der Waals surface area (Å²) in [5.41, 5.74) is 2.03. The fourth-order valence-electron chi connectivity index (χ4n) is 2.01. The fourth-order valence-corrected chi connectivity index (χ4v) is 2.96. The van der Waals surface area contributed by atoms with Crippen LogP contribution in [0.1, 0.15) is 22.2 Å². The Hall–Kier alpha value is -1.17. The van der Waals surface area contributed by atoms with Gasteiger partial charge in [0.25, 0.3) is 0 Å². The molecule has 102 valence electrons. The number of likely N-dealkylation sites (N-methyl/N-ethyl adjacent to an activating group) is 1. The van der Waals surface area contributed by atoms with Crippen molar-refractivity contribution in [3.63, 3.8) is 0 Å². The molecule has 19 heavy (non-hydrogen) atoms. The number of aryl methyl sites for hydroxylation is 1. The zero-order valence-corrected chi connectivity index (χ0v) is 12.7. The van der Waals surface area contributed by atoms with Crippen LogP contribution in [0.15, 0.2) is 18.2 Å². The summed E-state index contributed by atoms with van der Waals surface area (Å²) in [5, 5.41) is 8.07. The SMILES string of the molecule is CNC(Cc1cc(Cl)ccc1OC)c1snnc1C. The Bertz CT molecular complexity index is 559. The topological polar surface area (TPSA) is 47.0 Å². The van der Waals surface area contributed by atoms with Gasteiger partial charge in [-0.05, 0) is 55.7 Å². The van der Waals surface area contributed by atoms with E-state index < -0.39 is 0 Å². The molecule has 0 aliphatic carbocycles. The first-order valence-corrected chi connectivity index (χ1v) is 7.09. The monoisotopic (exact) mass is 297 g/mol. The van der Waals surface area contributed by atoms with Crippen LogP contribution in [-0.4, -0.2) is 23.7 Å². The van der Waals surface area contributed by atoms with Crippen molar-refractivity contribution in [3.05, 3.63) is 39.4 Å². The number of hydrogen-bond donors (Lipinski definition) is 1. The maximum Gasteiger partial charge on any atom is 0.122 e. The van der Waals surface area contributed by atoms with Gasteiger partial charge in [-0.15, -0.1) is 5.10 Å². The lowest BCUT2D eigenvalue weighted by molar-refractivity contribution is 0.406. The van der Waals surface area contributed by atoms with E-state index in [1.165, 1.54) is 11.5 Å². The second kappa shape index (κ2) is 6.32. The lowest BCUT2D eigenvalue weighted by atomic mass is 10.0. The van der Waals surface area contributed by atoms with E-state index in [4.69, 9.17) is 16.3 Å². The van der Waals surface area contributed by atoms with Crippen molar-refractivity contribution in [2.75, 3.05) is 14.2 Å². The number of rotatable bonds is 5. The highest BCUT2D eigenvalue weighted by molar-refractivity contribution is 7.05. The molecule has 0 amide bonds. The Morgan fingerprint density at radius 2 is 2.26 bits per heavy atom. The Balaban J connectivity index is 2.28. The molecule has 1 atom stereocenters. The zero-order valence-electron chi connectivity index (χ0n) is 11.1. The molecule has 0 bridgehead atoms. The molecule has 6 heteroatoms. The summed E-state index contributed by atoms with van der Waals surface area (Å²) in [4.78, 5) is 1.14. The van der Waals surface area contributed by atoms with E-state index in [-0.39, 0.29) is 6.04 Å². The summed E-state index contributed by atoms with van der Waals surface area (Å²) in [7, 11) is 3.60.